The molecule has 0 aliphatic rings. The maximum Gasteiger partial charge on any atom is 0.337 e. The maximum atomic E-state index is 11.2. The van der Waals surface area contributed by atoms with E-state index in [0.29, 0.717) is 34.4 Å². The summed E-state index contributed by atoms with van der Waals surface area (Å²) in [7, 11) is 0. The SMILES string of the molecule is Nc1cccc(C(=O)O)c1NCCc1ccc(Cl)cc1Cl. The molecule has 4 N–H and O–H groups in total. The van der Waals surface area contributed by atoms with E-state index in [9.17, 15) is 4.79 Å². The zero-order valence-corrected chi connectivity index (χ0v) is 12.6. The molecular weight excluding hydrogens is 311 g/mol. The lowest BCUT2D eigenvalue weighted by Crippen LogP contribution is -2.11. The van der Waals surface area contributed by atoms with Crippen LogP contribution in [-0.2, 0) is 6.42 Å². The topological polar surface area (TPSA) is 75.4 Å². The van der Waals surface area contributed by atoms with Gasteiger partial charge in [0.15, 0.2) is 0 Å². The van der Waals surface area contributed by atoms with E-state index in [0.717, 1.165) is 5.56 Å². The number of para-hydroxylation sites is 1. The van der Waals surface area contributed by atoms with E-state index in [4.69, 9.17) is 34.0 Å². The van der Waals surface area contributed by atoms with Crippen LogP contribution in [0.2, 0.25) is 10.0 Å². The van der Waals surface area contributed by atoms with Gasteiger partial charge in [-0.05, 0) is 36.2 Å². The fourth-order valence-electron chi connectivity index (χ4n) is 1.99. The Kier molecular flexibility index (Phi) is 4.94. The summed E-state index contributed by atoms with van der Waals surface area (Å²) in [5.41, 5.74) is 7.73. The first kappa shape index (κ1) is 15.5. The minimum absolute atomic E-state index is 0.150. The number of nitrogens with two attached hydrogens (primary N) is 1. The molecule has 0 heterocycles. The van der Waals surface area contributed by atoms with Crippen molar-refractivity contribution in [1.82, 2.24) is 0 Å². The van der Waals surface area contributed by atoms with Gasteiger partial charge in [-0.2, -0.15) is 0 Å². The molecule has 0 radical (unpaired) electrons. The van der Waals surface area contributed by atoms with E-state index in [1.807, 2.05) is 6.07 Å². The van der Waals surface area contributed by atoms with Crippen LogP contribution in [0.1, 0.15) is 15.9 Å². The average molecular weight is 325 g/mol. The van der Waals surface area contributed by atoms with Gasteiger partial charge < -0.3 is 16.2 Å². The molecule has 0 aromatic heterocycles. The third-order valence-electron chi connectivity index (χ3n) is 3.04. The van der Waals surface area contributed by atoms with Gasteiger partial charge in [-0.25, -0.2) is 4.79 Å². The Balaban J connectivity index is 2.09. The molecule has 0 bridgehead atoms. The van der Waals surface area contributed by atoms with Crippen molar-refractivity contribution in [2.24, 2.45) is 0 Å². The third-order valence-corrected chi connectivity index (χ3v) is 3.63. The number of halogens is 2. The van der Waals surface area contributed by atoms with Crippen LogP contribution < -0.4 is 11.1 Å². The molecule has 0 saturated carbocycles. The van der Waals surface area contributed by atoms with Crippen molar-refractivity contribution in [1.29, 1.82) is 0 Å². The zero-order chi connectivity index (χ0) is 15.4. The van der Waals surface area contributed by atoms with Crippen LogP contribution in [0, 0.1) is 0 Å². The predicted octanol–water partition coefficient (Wildman–Crippen LogP) is 3.93. The molecule has 0 aliphatic heterocycles. The van der Waals surface area contributed by atoms with Gasteiger partial charge in [-0.1, -0.05) is 35.3 Å². The van der Waals surface area contributed by atoms with Gasteiger partial charge in [0.25, 0.3) is 0 Å². The molecule has 0 fully saturated rings. The lowest BCUT2D eigenvalue weighted by molar-refractivity contribution is 0.0698. The highest BCUT2D eigenvalue weighted by Gasteiger charge is 2.12. The zero-order valence-electron chi connectivity index (χ0n) is 11.1. The van der Waals surface area contributed by atoms with Gasteiger partial charge in [0.05, 0.1) is 16.9 Å². The second kappa shape index (κ2) is 6.70. The molecule has 0 aliphatic carbocycles. The van der Waals surface area contributed by atoms with Gasteiger partial charge in [0.1, 0.15) is 0 Å². The lowest BCUT2D eigenvalue weighted by atomic mass is 10.1. The van der Waals surface area contributed by atoms with Crippen molar-refractivity contribution in [3.8, 4) is 0 Å². The van der Waals surface area contributed by atoms with Gasteiger partial charge in [0.2, 0.25) is 0 Å². The number of hydrogen-bond acceptors (Lipinski definition) is 3. The van der Waals surface area contributed by atoms with Crippen molar-refractivity contribution < 1.29 is 9.90 Å². The average Bonchev–Trinajstić information content (AvgIpc) is 2.42. The van der Waals surface area contributed by atoms with Crippen molar-refractivity contribution >= 4 is 40.5 Å². The van der Waals surface area contributed by atoms with Crippen LogP contribution in [0.15, 0.2) is 36.4 Å². The summed E-state index contributed by atoms with van der Waals surface area (Å²) >= 11 is 11.9. The summed E-state index contributed by atoms with van der Waals surface area (Å²) in [6.45, 7) is 0.510. The summed E-state index contributed by atoms with van der Waals surface area (Å²) < 4.78 is 0. The molecule has 0 spiro atoms. The lowest BCUT2D eigenvalue weighted by Gasteiger charge is -2.12. The minimum Gasteiger partial charge on any atom is -0.478 e. The minimum atomic E-state index is -1.02. The number of carbonyl (C=O) groups is 1. The Morgan fingerprint density at radius 2 is 2.00 bits per heavy atom. The van der Waals surface area contributed by atoms with Crippen LogP contribution in [-0.4, -0.2) is 17.6 Å². The van der Waals surface area contributed by atoms with E-state index in [2.05, 4.69) is 5.32 Å². The van der Waals surface area contributed by atoms with E-state index in [1.165, 1.54) is 6.07 Å². The van der Waals surface area contributed by atoms with Crippen LogP contribution in [0.25, 0.3) is 0 Å². The highest BCUT2D eigenvalue weighted by Crippen LogP contribution is 2.25. The largest absolute Gasteiger partial charge is 0.478 e. The summed E-state index contributed by atoms with van der Waals surface area (Å²) in [5, 5.41) is 13.4. The molecule has 0 amide bonds. The van der Waals surface area contributed by atoms with Gasteiger partial charge in [-0.3, -0.25) is 0 Å². The Morgan fingerprint density at radius 1 is 1.24 bits per heavy atom. The quantitative estimate of drug-likeness (QED) is 0.728. The molecule has 0 saturated heterocycles. The first-order valence-electron chi connectivity index (χ1n) is 6.28. The number of rotatable bonds is 5. The standard InChI is InChI=1S/C15H14Cl2N2O2/c16-10-5-4-9(12(17)8-10)6-7-19-14-11(15(20)21)2-1-3-13(14)18/h1-5,8,19H,6-7,18H2,(H,20,21). The van der Waals surface area contributed by atoms with Crippen molar-refractivity contribution in [2.45, 2.75) is 6.42 Å². The van der Waals surface area contributed by atoms with Crippen molar-refractivity contribution in [3.05, 3.63) is 57.6 Å². The fourth-order valence-corrected chi connectivity index (χ4v) is 2.50. The molecule has 21 heavy (non-hydrogen) atoms. The van der Waals surface area contributed by atoms with Crippen LogP contribution in [0.3, 0.4) is 0 Å². The molecular formula is C15H14Cl2N2O2. The molecule has 6 heteroatoms. The summed E-state index contributed by atoms with van der Waals surface area (Å²) in [6.07, 6.45) is 0.628. The van der Waals surface area contributed by atoms with Crippen molar-refractivity contribution in [3.63, 3.8) is 0 Å². The number of benzene rings is 2. The van der Waals surface area contributed by atoms with E-state index in [1.54, 1.807) is 24.3 Å². The highest BCUT2D eigenvalue weighted by molar-refractivity contribution is 6.35. The number of aromatic carboxylic acids is 1. The number of nitrogen functional groups attached to an aromatic ring is 1. The Morgan fingerprint density at radius 3 is 2.67 bits per heavy atom. The van der Waals surface area contributed by atoms with Gasteiger partial charge in [-0.15, -0.1) is 0 Å². The summed E-state index contributed by atoms with van der Waals surface area (Å²) in [6, 6.07) is 10.1. The maximum absolute atomic E-state index is 11.2. The predicted molar refractivity (Wildman–Crippen MR) is 86.5 cm³/mol. The Bertz CT molecular complexity index is 675. The summed E-state index contributed by atoms with van der Waals surface area (Å²) in [4.78, 5) is 11.2. The molecule has 4 nitrogen and oxygen atoms in total. The number of anilines is 2. The summed E-state index contributed by atoms with van der Waals surface area (Å²) in [5.74, 6) is -1.02. The van der Waals surface area contributed by atoms with Gasteiger partial charge in [0, 0.05) is 16.6 Å². The second-order valence-corrected chi connectivity index (χ2v) is 5.33. The van der Waals surface area contributed by atoms with Gasteiger partial charge >= 0.3 is 5.97 Å². The number of carboxylic acid groups (broad SMARTS) is 1. The van der Waals surface area contributed by atoms with E-state index >= 15 is 0 Å². The highest BCUT2D eigenvalue weighted by atomic mass is 35.5. The van der Waals surface area contributed by atoms with Crippen LogP contribution >= 0.6 is 23.2 Å². The third kappa shape index (κ3) is 3.80. The number of nitrogens with one attached hydrogen (secondary N) is 1. The molecule has 2 rings (SSSR count). The molecule has 2 aromatic carbocycles. The fraction of sp³-hybridized carbons (Fsp3) is 0.133. The van der Waals surface area contributed by atoms with Crippen LogP contribution in [0.5, 0.6) is 0 Å². The smallest absolute Gasteiger partial charge is 0.337 e. The first-order valence-corrected chi connectivity index (χ1v) is 7.04. The molecule has 0 unspecified atom stereocenters. The Hall–Kier alpha value is -1.91. The van der Waals surface area contributed by atoms with E-state index < -0.39 is 5.97 Å². The molecule has 0 atom stereocenters. The monoisotopic (exact) mass is 324 g/mol. The number of hydrogen-bond donors (Lipinski definition) is 3. The van der Waals surface area contributed by atoms with Crippen molar-refractivity contribution in [2.75, 3.05) is 17.6 Å². The normalized spacial score (nSPS) is 10.4. The second-order valence-electron chi connectivity index (χ2n) is 4.49. The molecule has 2 aromatic rings. The van der Waals surface area contributed by atoms with E-state index in [-0.39, 0.29) is 5.56 Å². The first-order chi connectivity index (χ1) is 9.99. The van der Waals surface area contributed by atoms with Crippen LogP contribution in [0.4, 0.5) is 11.4 Å². The number of carboxylic acids is 1. The Labute approximate surface area is 132 Å². The molecule has 110 valence electrons.